The van der Waals surface area contributed by atoms with E-state index in [1.807, 2.05) is 0 Å². The van der Waals surface area contributed by atoms with E-state index in [-0.39, 0.29) is 24.9 Å². The number of carbonyl (C=O) groups is 3. The fourth-order valence-electron chi connectivity index (χ4n) is 3.52. The third-order valence-corrected chi connectivity index (χ3v) is 6.55. The summed E-state index contributed by atoms with van der Waals surface area (Å²) in [4.78, 5) is 44.2. The highest BCUT2D eigenvalue weighted by Crippen LogP contribution is 2.29. The highest BCUT2D eigenvalue weighted by molar-refractivity contribution is 8.14. The van der Waals surface area contributed by atoms with E-state index in [0.29, 0.717) is 22.5 Å². The maximum Gasteiger partial charge on any atom is 0.325 e. The number of rotatable bonds is 11. The average molecular weight is 513 g/mol. The molecule has 0 radical (unpaired) electrons. The van der Waals surface area contributed by atoms with Gasteiger partial charge < -0.3 is 24.4 Å². The Bertz CT molecular complexity index is 915. The summed E-state index contributed by atoms with van der Waals surface area (Å²) >= 11 is 6.98. The molecule has 1 aromatic rings. The Hall–Kier alpha value is -2.50. The number of likely N-dealkylation sites (N-methyl/N-ethyl adjacent to an activating group) is 1. The molecule has 1 aromatic carbocycles. The Kier molecular flexibility index (Phi) is 9.43. The van der Waals surface area contributed by atoms with E-state index in [1.54, 1.807) is 29.2 Å². The van der Waals surface area contributed by atoms with Crippen LogP contribution in [0, 0.1) is 0 Å². The molecule has 12 heteroatoms. The van der Waals surface area contributed by atoms with Crippen molar-refractivity contribution in [2.24, 2.45) is 4.99 Å². The van der Waals surface area contributed by atoms with Crippen LogP contribution in [0.2, 0.25) is 5.02 Å². The van der Waals surface area contributed by atoms with Crippen molar-refractivity contribution < 1.29 is 29.0 Å². The number of fused-ring (bicyclic) bond motifs is 1. The predicted molar refractivity (Wildman–Crippen MR) is 129 cm³/mol. The fourth-order valence-corrected chi connectivity index (χ4v) is 4.51. The molecule has 1 fully saturated rings. The van der Waals surface area contributed by atoms with Gasteiger partial charge in [0.1, 0.15) is 18.5 Å². The highest BCUT2D eigenvalue weighted by Gasteiger charge is 2.49. The van der Waals surface area contributed by atoms with Crippen LogP contribution in [0.15, 0.2) is 29.3 Å². The number of unbranched alkanes of at least 4 members (excludes halogenated alkanes) is 2. The van der Waals surface area contributed by atoms with Crippen LogP contribution in [-0.4, -0.2) is 88.9 Å². The summed E-state index contributed by atoms with van der Waals surface area (Å²) in [6, 6.07) is 5.35. The minimum Gasteiger partial charge on any atom is -0.491 e. The van der Waals surface area contributed by atoms with Crippen molar-refractivity contribution in [1.82, 2.24) is 15.1 Å². The van der Waals surface area contributed by atoms with Gasteiger partial charge in [-0.1, -0.05) is 43.1 Å². The minimum absolute atomic E-state index is 0.00243. The predicted octanol–water partition coefficient (Wildman–Crippen LogP) is 2.09. The number of β-amino-alcohol motifs (C(OH)–C–C–N with tert-alkyl or cyclic N) is 1. The number of amidine groups is 1. The molecule has 2 N–H and O–H groups in total. The van der Waals surface area contributed by atoms with Crippen LogP contribution in [0.1, 0.15) is 26.2 Å². The molecular formula is C22H29ClN4O6S. The molecule has 186 valence electrons. The number of benzene rings is 1. The van der Waals surface area contributed by atoms with Gasteiger partial charge in [-0.2, -0.15) is 0 Å². The van der Waals surface area contributed by atoms with Gasteiger partial charge in [-0.15, -0.1) is 0 Å². The number of aliphatic hydroxyl groups excluding tert-OH is 1. The lowest BCUT2D eigenvalue weighted by Crippen LogP contribution is -2.64. The number of aliphatic hydroxyl groups is 1. The molecule has 0 aromatic heterocycles. The molecule has 2 heterocycles. The zero-order chi connectivity index (χ0) is 24.7. The summed E-state index contributed by atoms with van der Waals surface area (Å²) in [6.45, 7) is 2.40. The number of halogens is 1. The van der Waals surface area contributed by atoms with Crippen molar-refractivity contribution in [1.29, 1.82) is 0 Å². The molecule has 2 aliphatic heterocycles. The standard InChI is InChI=1S/C22H29ClN4O6S/c1-3-4-5-10-32-17(29)13-34-22-24-19-18(20(30)25-21(31)26(19)2)27(22)11-15(28)12-33-16-8-6-14(23)7-9-16/h6-9,15,18-19,28H,3-5,10-13H2,1-2H3,(H,25,30,31). The summed E-state index contributed by atoms with van der Waals surface area (Å²) < 4.78 is 10.8. The number of nitrogens with zero attached hydrogens (tertiary/aromatic N) is 3. The van der Waals surface area contributed by atoms with Crippen LogP contribution >= 0.6 is 23.4 Å². The van der Waals surface area contributed by atoms with E-state index in [0.717, 1.165) is 31.0 Å². The molecule has 3 rings (SSSR count). The number of amides is 3. The first-order valence-corrected chi connectivity index (χ1v) is 12.4. The lowest BCUT2D eigenvalue weighted by Gasteiger charge is -2.36. The Morgan fingerprint density at radius 1 is 1.29 bits per heavy atom. The Morgan fingerprint density at radius 3 is 2.74 bits per heavy atom. The molecule has 0 bridgehead atoms. The Morgan fingerprint density at radius 2 is 2.03 bits per heavy atom. The number of carbonyl (C=O) groups excluding carboxylic acids is 3. The van der Waals surface area contributed by atoms with E-state index in [9.17, 15) is 19.5 Å². The van der Waals surface area contributed by atoms with Crippen LogP contribution in [-0.2, 0) is 14.3 Å². The first kappa shape index (κ1) is 26.1. The van der Waals surface area contributed by atoms with Crippen LogP contribution in [0.5, 0.6) is 5.75 Å². The van der Waals surface area contributed by atoms with Gasteiger partial charge in [0.2, 0.25) is 0 Å². The quantitative estimate of drug-likeness (QED) is 0.341. The maximum atomic E-state index is 12.6. The van der Waals surface area contributed by atoms with Gasteiger partial charge in [0.25, 0.3) is 5.91 Å². The number of ether oxygens (including phenoxy) is 2. The number of aliphatic imine (C=N–C) groups is 1. The van der Waals surface area contributed by atoms with Gasteiger partial charge in [-0.3, -0.25) is 14.9 Å². The first-order valence-electron chi connectivity index (χ1n) is 11.1. The second-order valence-corrected chi connectivity index (χ2v) is 9.34. The first-order chi connectivity index (χ1) is 16.3. The van der Waals surface area contributed by atoms with Crippen LogP contribution < -0.4 is 10.1 Å². The van der Waals surface area contributed by atoms with Crippen LogP contribution in [0.3, 0.4) is 0 Å². The number of imide groups is 1. The monoisotopic (exact) mass is 512 g/mol. The Labute approximate surface area is 207 Å². The van der Waals surface area contributed by atoms with Crippen molar-refractivity contribution in [3.05, 3.63) is 29.3 Å². The van der Waals surface area contributed by atoms with E-state index >= 15 is 0 Å². The van der Waals surface area contributed by atoms with E-state index in [4.69, 9.17) is 21.1 Å². The van der Waals surface area contributed by atoms with Gasteiger partial charge >= 0.3 is 12.0 Å². The summed E-state index contributed by atoms with van der Waals surface area (Å²) in [5, 5.41) is 13.9. The van der Waals surface area contributed by atoms with Gasteiger partial charge in [0.05, 0.1) is 18.9 Å². The van der Waals surface area contributed by atoms with Crippen molar-refractivity contribution in [2.45, 2.75) is 44.5 Å². The van der Waals surface area contributed by atoms with Gasteiger partial charge in [-0.25, -0.2) is 9.79 Å². The van der Waals surface area contributed by atoms with Crippen molar-refractivity contribution >= 4 is 46.4 Å². The molecule has 0 aliphatic carbocycles. The van der Waals surface area contributed by atoms with E-state index in [2.05, 4.69) is 17.2 Å². The van der Waals surface area contributed by atoms with Gasteiger partial charge in [-0.05, 0) is 30.7 Å². The van der Waals surface area contributed by atoms with E-state index < -0.39 is 30.2 Å². The summed E-state index contributed by atoms with van der Waals surface area (Å²) in [5.74, 6) is -0.366. The molecule has 0 saturated carbocycles. The third kappa shape index (κ3) is 6.77. The van der Waals surface area contributed by atoms with Crippen molar-refractivity contribution in [3.8, 4) is 5.75 Å². The molecule has 3 amide bonds. The number of urea groups is 1. The number of thioether (sulfide) groups is 1. The number of hydrogen-bond acceptors (Lipinski definition) is 9. The van der Waals surface area contributed by atoms with Gasteiger partial charge in [0, 0.05) is 12.1 Å². The number of nitrogens with one attached hydrogen (secondary N) is 1. The molecule has 10 nitrogen and oxygen atoms in total. The SMILES string of the molecule is CCCCCOC(=O)CSC1=NC2C(C(=O)NC(=O)N2C)N1CC(O)COc1ccc(Cl)cc1. The second kappa shape index (κ2) is 12.3. The second-order valence-electron chi connectivity index (χ2n) is 7.96. The normalized spacial score (nSPS) is 20.5. The topological polar surface area (TPSA) is 121 Å². The molecule has 2 aliphatic rings. The largest absolute Gasteiger partial charge is 0.491 e. The lowest BCUT2D eigenvalue weighted by molar-refractivity contribution is -0.140. The highest BCUT2D eigenvalue weighted by atomic mass is 35.5. The van der Waals surface area contributed by atoms with Crippen LogP contribution in [0.4, 0.5) is 4.79 Å². The van der Waals surface area contributed by atoms with Gasteiger partial charge in [0.15, 0.2) is 17.4 Å². The minimum atomic E-state index is -0.975. The van der Waals surface area contributed by atoms with Crippen LogP contribution in [0.25, 0.3) is 0 Å². The van der Waals surface area contributed by atoms with Crippen molar-refractivity contribution in [3.63, 3.8) is 0 Å². The lowest BCUT2D eigenvalue weighted by atomic mass is 10.1. The Balaban J connectivity index is 1.63. The zero-order valence-electron chi connectivity index (χ0n) is 19.1. The summed E-state index contributed by atoms with van der Waals surface area (Å²) in [7, 11) is 1.54. The van der Waals surface area contributed by atoms with Crippen molar-refractivity contribution in [2.75, 3.05) is 32.6 Å². The molecule has 3 atom stereocenters. The zero-order valence-corrected chi connectivity index (χ0v) is 20.7. The summed E-state index contributed by atoms with van der Waals surface area (Å²) in [6.07, 6.45) is 1.08. The maximum absolute atomic E-state index is 12.6. The number of hydrogen-bond donors (Lipinski definition) is 2. The number of esters is 1. The van der Waals surface area contributed by atoms with E-state index in [1.165, 1.54) is 11.9 Å². The molecule has 34 heavy (non-hydrogen) atoms. The fraction of sp³-hybridized carbons (Fsp3) is 0.545. The molecule has 1 saturated heterocycles. The third-order valence-electron chi connectivity index (χ3n) is 5.32. The summed E-state index contributed by atoms with van der Waals surface area (Å²) in [5.41, 5.74) is 0. The molecule has 0 spiro atoms. The molecule has 3 unspecified atom stereocenters. The average Bonchev–Trinajstić information content (AvgIpc) is 3.17. The molecular weight excluding hydrogens is 484 g/mol. The smallest absolute Gasteiger partial charge is 0.325 e.